The predicted octanol–water partition coefficient (Wildman–Crippen LogP) is 3.86. The van der Waals surface area contributed by atoms with Gasteiger partial charge in [0.1, 0.15) is 0 Å². The predicted molar refractivity (Wildman–Crippen MR) is 88.1 cm³/mol. The van der Waals surface area contributed by atoms with Gasteiger partial charge in [0, 0.05) is 17.3 Å². The van der Waals surface area contributed by atoms with Gasteiger partial charge in [-0.15, -0.1) is 0 Å². The topological polar surface area (TPSA) is 81.5 Å². The van der Waals surface area contributed by atoms with Crippen LogP contribution in [0, 0.1) is 24.0 Å². The lowest BCUT2D eigenvalue weighted by molar-refractivity contribution is -0.385. The average molecular weight is 314 g/mol. The SMILES string of the molecule is CCOc1ccc(C(=O)Nc2c(C)cccc2C)cc1[N+](=O)[O-]. The molecule has 1 amide bonds. The Labute approximate surface area is 134 Å². The van der Waals surface area contributed by atoms with Gasteiger partial charge in [0.05, 0.1) is 11.5 Å². The summed E-state index contributed by atoms with van der Waals surface area (Å²) in [6, 6.07) is 9.88. The van der Waals surface area contributed by atoms with Gasteiger partial charge in [-0.1, -0.05) is 18.2 Å². The summed E-state index contributed by atoms with van der Waals surface area (Å²) >= 11 is 0. The van der Waals surface area contributed by atoms with Gasteiger partial charge < -0.3 is 10.1 Å². The summed E-state index contributed by atoms with van der Waals surface area (Å²) in [6.45, 7) is 5.84. The number of hydrogen-bond donors (Lipinski definition) is 1. The number of aryl methyl sites for hydroxylation is 2. The molecule has 0 unspecified atom stereocenters. The summed E-state index contributed by atoms with van der Waals surface area (Å²) < 4.78 is 5.22. The van der Waals surface area contributed by atoms with Crippen molar-refractivity contribution in [3.63, 3.8) is 0 Å². The minimum Gasteiger partial charge on any atom is -0.487 e. The molecule has 2 aromatic rings. The van der Waals surface area contributed by atoms with Crippen LogP contribution in [0.25, 0.3) is 0 Å². The van der Waals surface area contributed by atoms with Gasteiger partial charge >= 0.3 is 5.69 Å². The number of anilines is 1. The van der Waals surface area contributed by atoms with Crippen LogP contribution in [-0.4, -0.2) is 17.4 Å². The minimum atomic E-state index is -0.555. The molecule has 0 aliphatic carbocycles. The highest BCUT2D eigenvalue weighted by atomic mass is 16.6. The van der Waals surface area contributed by atoms with Gasteiger partial charge in [-0.3, -0.25) is 14.9 Å². The Morgan fingerprint density at radius 1 is 1.22 bits per heavy atom. The molecule has 6 nitrogen and oxygen atoms in total. The number of nitro benzene ring substituents is 1. The summed E-state index contributed by atoms with van der Waals surface area (Å²) in [5, 5.41) is 13.9. The highest BCUT2D eigenvalue weighted by molar-refractivity contribution is 6.05. The van der Waals surface area contributed by atoms with Crippen molar-refractivity contribution in [1.29, 1.82) is 0 Å². The van der Waals surface area contributed by atoms with Crippen LogP contribution in [-0.2, 0) is 0 Å². The Hall–Kier alpha value is -2.89. The molecule has 0 saturated heterocycles. The molecule has 2 aromatic carbocycles. The van der Waals surface area contributed by atoms with Crippen molar-refractivity contribution >= 4 is 17.3 Å². The fourth-order valence-corrected chi connectivity index (χ4v) is 2.28. The van der Waals surface area contributed by atoms with Crippen LogP contribution in [0.3, 0.4) is 0 Å². The fraction of sp³-hybridized carbons (Fsp3) is 0.235. The van der Waals surface area contributed by atoms with Crippen LogP contribution < -0.4 is 10.1 Å². The molecule has 6 heteroatoms. The van der Waals surface area contributed by atoms with E-state index in [-0.39, 0.29) is 17.0 Å². The number of carbonyl (C=O) groups excluding carboxylic acids is 1. The summed E-state index contributed by atoms with van der Waals surface area (Å²) in [7, 11) is 0. The molecule has 0 fully saturated rings. The Kier molecular flexibility index (Phi) is 4.95. The monoisotopic (exact) mass is 314 g/mol. The first kappa shape index (κ1) is 16.5. The van der Waals surface area contributed by atoms with Crippen molar-refractivity contribution in [2.45, 2.75) is 20.8 Å². The number of benzene rings is 2. The first-order valence-corrected chi connectivity index (χ1v) is 7.22. The quantitative estimate of drug-likeness (QED) is 0.671. The Balaban J connectivity index is 2.33. The fourth-order valence-electron chi connectivity index (χ4n) is 2.28. The van der Waals surface area contributed by atoms with E-state index in [1.807, 2.05) is 32.0 Å². The lowest BCUT2D eigenvalue weighted by Crippen LogP contribution is -2.14. The lowest BCUT2D eigenvalue weighted by atomic mass is 10.1. The maximum atomic E-state index is 12.4. The van der Waals surface area contributed by atoms with Crippen molar-refractivity contribution in [3.05, 3.63) is 63.2 Å². The second-order valence-electron chi connectivity index (χ2n) is 5.09. The van der Waals surface area contributed by atoms with Gasteiger partial charge in [0.2, 0.25) is 0 Å². The number of nitrogens with one attached hydrogen (secondary N) is 1. The van der Waals surface area contributed by atoms with Crippen molar-refractivity contribution in [1.82, 2.24) is 0 Å². The van der Waals surface area contributed by atoms with Gasteiger partial charge in [-0.05, 0) is 44.0 Å². The Morgan fingerprint density at radius 2 is 1.87 bits per heavy atom. The molecule has 0 aromatic heterocycles. The molecule has 0 spiro atoms. The molecule has 1 N–H and O–H groups in total. The van der Waals surface area contributed by atoms with Crippen molar-refractivity contribution < 1.29 is 14.5 Å². The zero-order valence-corrected chi connectivity index (χ0v) is 13.3. The second-order valence-corrected chi connectivity index (χ2v) is 5.09. The van der Waals surface area contributed by atoms with E-state index in [4.69, 9.17) is 4.74 Å². The number of nitro groups is 1. The van der Waals surface area contributed by atoms with E-state index < -0.39 is 10.8 Å². The van der Waals surface area contributed by atoms with Crippen molar-refractivity contribution in [2.24, 2.45) is 0 Å². The largest absolute Gasteiger partial charge is 0.487 e. The maximum Gasteiger partial charge on any atom is 0.311 e. The molecule has 0 atom stereocenters. The average Bonchev–Trinajstić information content (AvgIpc) is 2.51. The van der Waals surface area contributed by atoms with Crippen LogP contribution >= 0.6 is 0 Å². The van der Waals surface area contributed by atoms with Crippen LogP contribution in [0.1, 0.15) is 28.4 Å². The lowest BCUT2D eigenvalue weighted by Gasteiger charge is -2.12. The number of ether oxygens (including phenoxy) is 1. The molecular formula is C17H18N2O4. The Morgan fingerprint density at radius 3 is 2.43 bits per heavy atom. The van der Waals surface area contributed by atoms with Crippen molar-refractivity contribution in [3.8, 4) is 5.75 Å². The number of hydrogen-bond acceptors (Lipinski definition) is 4. The molecular weight excluding hydrogens is 296 g/mol. The van der Waals surface area contributed by atoms with E-state index in [1.165, 1.54) is 18.2 Å². The van der Waals surface area contributed by atoms with E-state index in [2.05, 4.69) is 5.32 Å². The maximum absolute atomic E-state index is 12.4. The smallest absolute Gasteiger partial charge is 0.311 e. The first-order valence-electron chi connectivity index (χ1n) is 7.22. The molecule has 0 aliphatic rings. The van der Waals surface area contributed by atoms with Gasteiger partial charge in [0.25, 0.3) is 5.91 Å². The number of rotatable bonds is 5. The van der Waals surface area contributed by atoms with Crippen LogP contribution in [0.4, 0.5) is 11.4 Å². The second kappa shape index (κ2) is 6.91. The van der Waals surface area contributed by atoms with Gasteiger partial charge in [0.15, 0.2) is 5.75 Å². The van der Waals surface area contributed by atoms with Crippen LogP contribution in [0.2, 0.25) is 0 Å². The molecule has 0 heterocycles. The standard InChI is InChI=1S/C17H18N2O4/c1-4-23-15-9-8-13(10-14(15)19(21)22)17(20)18-16-11(2)6-5-7-12(16)3/h5-10H,4H2,1-3H3,(H,18,20). The van der Waals surface area contributed by atoms with E-state index >= 15 is 0 Å². The number of nitrogens with zero attached hydrogens (tertiary/aromatic N) is 1. The third kappa shape index (κ3) is 3.66. The third-order valence-corrected chi connectivity index (χ3v) is 3.44. The molecule has 0 radical (unpaired) electrons. The van der Waals surface area contributed by atoms with E-state index in [0.717, 1.165) is 11.1 Å². The zero-order chi connectivity index (χ0) is 17.0. The van der Waals surface area contributed by atoms with E-state index in [9.17, 15) is 14.9 Å². The van der Waals surface area contributed by atoms with Gasteiger partial charge in [-0.2, -0.15) is 0 Å². The van der Waals surface area contributed by atoms with Crippen LogP contribution in [0.15, 0.2) is 36.4 Å². The van der Waals surface area contributed by atoms with E-state index in [1.54, 1.807) is 6.92 Å². The molecule has 0 aliphatic heterocycles. The normalized spacial score (nSPS) is 10.2. The summed E-state index contributed by atoms with van der Waals surface area (Å²) in [5.74, 6) is -0.241. The third-order valence-electron chi connectivity index (χ3n) is 3.44. The molecule has 120 valence electrons. The number of para-hydroxylation sites is 1. The first-order chi connectivity index (χ1) is 10.9. The van der Waals surface area contributed by atoms with Crippen LogP contribution in [0.5, 0.6) is 5.75 Å². The summed E-state index contributed by atoms with van der Waals surface area (Å²) in [4.78, 5) is 23.0. The highest BCUT2D eigenvalue weighted by Gasteiger charge is 2.19. The van der Waals surface area contributed by atoms with Gasteiger partial charge in [-0.25, -0.2) is 0 Å². The Bertz CT molecular complexity index is 736. The molecule has 23 heavy (non-hydrogen) atoms. The summed E-state index contributed by atoms with van der Waals surface area (Å²) in [5.41, 5.74) is 2.57. The minimum absolute atomic E-state index is 0.154. The highest BCUT2D eigenvalue weighted by Crippen LogP contribution is 2.28. The molecule has 0 saturated carbocycles. The van der Waals surface area contributed by atoms with E-state index in [0.29, 0.717) is 12.3 Å². The van der Waals surface area contributed by atoms with Crippen molar-refractivity contribution in [2.75, 3.05) is 11.9 Å². The number of amides is 1. The molecule has 2 rings (SSSR count). The zero-order valence-electron chi connectivity index (χ0n) is 13.3. The number of carbonyl (C=O) groups is 1. The summed E-state index contributed by atoms with van der Waals surface area (Å²) in [6.07, 6.45) is 0. The molecule has 0 bridgehead atoms.